The van der Waals surface area contributed by atoms with Crippen LogP contribution in [0.5, 0.6) is 5.75 Å². The number of amides is 1. The van der Waals surface area contributed by atoms with E-state index >= 15 is 0 Å². The van der Waals surface area contributed by atoms with Crippen LogP contribution in [0, 0.1) is 22.7 Å². The van der Waals surface area contributed by atoms with Crippen LogP contribution in [0.1, 0.15) is 28.5 Å². The molecule has 33 heavy (non-hydrogen) atoms. The molecule has 0 spiro atoms. The Labute approximate surface area is 204 Å². The Morgan fingerprint density at radius 2 is 2.06 bits per heavy atom. The molecule has 2 aliphatic carbocycles. The van der Waals surface area contributed by atoms with Gasteiger partial charge in [0.2, 0.25) is 5.91 Å². The number of allylic oxidation sites excluding steroid dienone is 2. The summed E-state index contributed by atoms with van der Waals surface area (Å²) in [7, 11) is 1.63. The molecule has 2 atom stereocenters. The summed E-state index contributed by atoms with van der Waals surface area (Å²) in [4.78, 5) is 17.4. The van der Waals surface area contributed by atoms with Crippen LogP contribution >= 0.6 is 13.5 Å². The van der Waals surface area contributed by atoms with Crippen molar-refractivity contribution in [3.8, 4) is 5.75 Å². The van der Waals surface area contributed by atoms with Crippen molar-refractivity contribution < 1.29 is 12.4 Å². The number of fused-ring (bicyclic) bond motifs is 1. The van der Waals surface area contributed by atoms with Gasteiger partial charge >= 0.3 is 0 Å². The van der Waals surface area contributed by atoms with Crippen LogP contribution in [0.3, 0.4) is 0 Å². The van der Waals surface area contributed by atoms with E-state index in [1.165, 1.54) is 0 Å². The first kappa shape index (κ1) is 24.7. The average Bonchev–Trinajstić information content (AvgIpc) is 2.81. The molecule has 2 aliphatic rings. The lowest BCUT2D eigenvalue weighted by Crippen LogP contribution is -2.33. The summed E-state index contributed by atoms with van der Waals surface area (Å²) in [6.07, 6.45) is 10.9. The summed E-state index contributed by atoms with van der Waals surface area (Å²) >= 11 is 0. The molecule has 7 nitrogen and oxygen atoms in total. The number of nitrogens with one attached hydrogen (secondary N) is 4. The maximum absolute atomic E-state index is 13.1. The van der Waals surface area contributed by atoms with Gasteiger partial charge in [-0.15, -0.1) is 0 Å². The molecule has 0 bridgehead atoms. The Balaban J connectivity index is 0.00000204. The second-order valence-corrected chi connectivity index (χ2v) is 8.47. The fraction of sp³-hybridized carbons (Fsp3) is 0.360. The molecule has 1 saturated carbocycles. The van der Waals surface area contributed by atoms with E-state index in [1.807, 2.05) is 30.3 Å². The van der Waals surface area contributed by atoms with Crippen molar-refractivity contribution in [3.05, 3.63) is 54.3 Å². The molecular weight excluding hydrogens is 434 g/mol. The zero-order valence-electron chi connectivity index (χ0n) is 18.8. The maximum atomic E-state index is 13.1. The highest BCUT2D eigenvalue weighted by atomic mass is 32.1. The number of methoxy groups -OCH3 is 1. The van der Waals surface area contributed by atoms with E-state index < -0.39 is 0 Å². The molecule has 1 heterocycles. The van der Waals surface area contributed by atoms with E-state index in [9.17, 15) is 4.79 Å². The lowest BCUT2D eigenvalue weighted by Gasteiger charge is -2.29. The number of anilines is 1. The Bertz CT molecular complexity index is 1120. The van der Waals surface area contributed by atoms with Gasteiger partial charge in [-0.3, -0.25) is 20.6 Å². The van der Waals surface area contributed by atoms with Crippen molar-refractivity contribution in [1.82, 2.24) is 10.3 Å². The van der Waals surface area contributed by atoms with Gasteiger partial charge in [0, 0.05) is 26.9 Å². The molecular formula is C25H35N5O2S. The van der Waals surface area contributed by atoms with Crippen molar-refractivity contribution >= 4 is 47.4 Å². The predicted octanol–water partition coefficient (Wildman–Crippen LogP) is 4.72. The monoisotopic (exact) mass is 469 g/mol. The average molecular weight is 470 g/mol. The number of nitrogens with zero attached hydrogens (tertiary/aromatic N) is 1. The van der Waals surface area contributed by atoms with Gasteiger partial charge in [0.05, 0.1) is 29.7 Å². The van der Waals surface area contributed by atoms with E-state index in [2.05, 4.69) is 15.6 Å². The Hall–Kier alpha value is -2.97. The molecule has 178 valence electrons. The van der Waals surface area contributed by atoms with Gasteiger partial charge in [-0.1, -0.05) is 12.5 Å². The van der Waals surface area contributed by atoms with Gasteiger partial charge in [-0.25, -0.2) is 0 Å². The summed E-state index contributed by atoms with van der Waals surface area (Å²) in [5.74, 6) is 1.24. The third-order valence-corrected chi connectivity index (χ3v) is 6.21. The number of ether oxygens (including phenoxy) is 1. The zero-order chi connectivity index (χ0) is 22.5. The van der Waals surface area contributed by atoms with Crippen LogP contribution in [0.25, 0.3) is 10.9 Å². The first-order valence-electron chi connectivity index (χ1n) is 11.0. The number of carbonyl (C=O) groups excluding carboxylic acids is 1. The van der Waals surface area contributed by atoms with Crippen LogP contribution < -0.4 is 15.4 Å². The molecule has 8 heteroatoms. The van der Waals surface area contributed by atoms with Crippen molar-refractivity contribution in [2.45, 2.75) is 25.7 Å². The van der Waals surface area contributed by atoms with Crippen LogP contribution in [-0.4, -0.2) is 42.5 Å². The normalized spacial score (nSPS) is 20.2. The van der Waals surface area contributed by atoms with Crippen molar-refractivity contribution in [1.29, 1.82) is 10.8 Å². The van der Waals surface area contributed by atoms with Gasteiger partial charge in [-0.2, -0.15) is 13.5 Å². The van der Waals surface area contributed by atoms with Gasteiger partial charge in [0.25, 0.3) is 0 Å². The minimum absolute atomic E-state index is 0. The second kappa shape index (κ2) is 11.2. The Kier molecular flexibility index (Phi) is 8.41. The zero-order valence-corrected chi connectivity index (χ0v) is 19.8. The maximum Gasteiger partial charge on any atom is 0.227 e. The molecule has 2 aromatic rings. The molecule has 0 radical (unpaired) electrons. The van der Waals surface area contributed by atoms with Crippen LogP contribution in [-0.2, 0) is 4.79 Å². The lowest BCUT2D eigenvalue weighted by molar-refractivity contribution is -0.121. The van der Waals surface area contributed by atoms with Gasteiger partial charge in [0.1, 0.15) is 5.75 Å². The number of hydrogen-bond donors (Lipinski definition) is 4. The standard InChI is InChI=1S/C25H29N5O2.H2S.2H2/c1-32-19-6-8-23-20(13-19)24(9-10-29-23)30-25(31)18-4-2-3-16(11-18)14-28-15-17-5-7-21(26)22(27)12-17;;;/h5-10,12-13,16,18,26-28H,2-4,11,14-15H2,1H3,(H,29,30,31);1H2;2*1H. The number of pyridine rings is 1. The summed E-state index contributed by atoms with van der Waals surface area (Å²) in [6.45, 7) is 1.51. The minimum atomic E-state index is -0.00758. The largest absolute Gasteiger partial charge is 0.497 e. The lowest BCUT2D eigenvalue weighted by atomic mass is 9.81. The van der Waals surface area contributed by atoms with Gasteiger partial charge in [0.15, 0.2) is 0 Å². The summed E-state index contributed by atoms with van der Waals surface area (Å²) in [5.41, 5.74) is 3.10. The number of hydrogen-bond acceptors (Lipinski definition) is 6. The van der Waals surface area contributed by atoms with E-state index in [0.29, 0.717) is 12.5 Å². The highest BCUT2D eigenvalue weighted by Crippen LogP contribution is 2.31. The topological polar surface area (TPSA) is 111 Å². The Morgan fingerprint density at radius 1 is 1.21 bits per heavy atom. The minimum Gasteiger partial charge on any atom is -0.497 e. The third kappa shape index (κ3) is 6.09. The summed E-state index contributed by atoms with van der Waals surface area (Å²) in [6, 6.07) is 7.50. The van der Waals surface area contributed by atoms with Crippen LogP contribution in [0.15, 0.2) is 54.3 Å². The van der Waals surface area contributed by atoms with Crippen molar-refractivity contribution in [2.75, 3.05) is 25.5 Å². The number of rotatable bonds is 7. The molecule has 4 rings (SSSR count). The fourth-order valence-corrected chi connectivity index (χ4v) is 4.43. The third-order valence-electron chi connectivity index (χ3n) is 6.21. The van der Waals surface area contributed by atoms with Crippen LogP contribution in [0.4, 0.5) is 5.69 Å². The molecule has 0 aliphatic heterocycles. The molecule has 1 aromatic heterocycles. The van der Waals surface area contributed by atoms with E-state index in [1.54, 1.807) is 25.5 Å². The highest BCUT2D eigenvalue weighted by Gasteiger charge is 2.27. The molecule has 1 amide bonds. The van der Waals surface area contributed by atoms with Gasteiger partial charge in [-0.05, 0) is 73.7 Å². The van der Waals surface area contributed by atoms with Crippen LogP contribution in [0.2, 0.25) is 0 Å². The number of benzene rings is 1. The fourth-order valence-electron chi connectivity index (χ4n) is 4.43. The molecule has 0 saturated heterocycles. The molecule has 1 fully saturated rings. The highest BCUT2D eigenvalue weighted by molar-refractivity contribution is 7.59. The second-order valence-electron chi connectivity index (χ2n) is 8.47. The first-order valence-corrected chi connectivity index (χ1v) is 11.0. The first-order chi connectivity index (χ1) is 15.5. The molecule has 4 N–H and O–H groups in total. The van der Waals surface area contributed by atoms with E-state index in [-0.39, 0.29) is 39.6 Å². The summed E-state index contributed by atoms with van der Waals surface area (Å²) < 4.78 is 5.33. The quantitative estimate of drug-likeness (QED) is 0.440. The molecule has 1 aromatic carbocycles. The van der Waals surface area contributed by atoms with Crippen molar-refractivity contribution in [2.24, 2.45) is 11.8 Å². The van der Waals surface area contributed by atoms with Crippen molar-refractivity contribution in [3.63, 3.8) is 0 Å². The number of carbonyl (C=O) groups is 1. The SMILES string of the molecule is COc1ccc2nccc(NC(=O)C3CCCC(CNCC4=CC(=N)C(=N)C=C4)C3)c2c1.S.[HH].[HH]. The number of aromatic nitrogens is 1. The Morgan fingerprint density at radius 3 is 2.85 bits per heavy atom. The molecule has 2 unspecified atom stereocenters. The summed E-state index contributed by atoms with van der Waals surface area (Å²) in [5, 5.41) is 22.8. The smallest absolute Gasteiger partial charge is 0.227 e. The van der Waals surface area contributed by atoms with Gasteiger partial charge < -0.3 is 15.4 Å². The van der Waals surface area contributed by atoms with E-state index in [0.717, 1.165) is 60.1 Å². The predicted molar refractivity (Wildman–Crippen MR) is 143 cm³/mol. The van der Waals surface area contributed by atoms with E-state index in [4.69, 9.17) is 15.6 Å².